The van der Waals surface area contributed by atoms with Gasteiger partial charge in [0.25, 0.3) is 0 Å². The van der Waals surface area contributed by atoms with Gasteiger partial charge in [0.1, 0.15) is 6.10 Å². The average Bonchev–Trinajstić information content (AvgIpc) is 3.04. The molecule has 2 heterocycles. The number of aromatic amines is 1. The fraction of sp³-hybridized carbons (Fsp3) is 0.320. The first-order valence-electron chi connectivity index (χ1n) is 10.5. The zero-order valence-electron chi connectivity index (χ0n) is 18.0. The van der Waals surface area contributed by atoms with Gasteiger partial charge in [-0.3, -0.25) is 4.98 Å². The molecular weight excluding hydrogens is 406 g/mol. The van der Waals surface area contributed by atoms with Crippen LogP contribution in [0.5, 0.6) is 0 Å². The van der Waals surface area contributed by atoms with Crippen LogP contribution in [-0.2, 0) is 11.2 Å². The maximum atomic E-state index is 11.4. The minimum Gasteiger partial charge on any atom is -0.408 e. The lowest BCUT2D eigenvalue weighted by molar-refractivity contribution is -0.0325. The Kier molecular flexibility index (Phi) is 6.19. The number of oxazole rings is 1. The highest BCUT2D eigenvalue weighted by atomic mass is 16.5. The molecule has 1 aliphatic heterocycles. The van der Waals surface area contributed by atoms with Crippen molar-refractivity contribution in [1.82, 2.24) is 15.6 Å². The van der Waals surface area contributed by atoms with Crippen LogP contribution in [0.25, 0.3) is 22.2 Å². The molecule has 0 aliphatic carbocycles. The van der Waals surface area contributed by atoms with E-state index >= 15 is 0 Å². The largest absolute Gasteiger partial charge is 0.417 e. The Morgan fingerprint density at radius 1 is 1.34 bits per heavy atom. The summed E-state index contributed by atoms with van der Waals surface area (Å²) in [4.78, 5) is 14.0. The van der Waals surface area contributed by atoms with Crippen molar-refractivity contribution in [3.05, 3.63) is 70.9 Å². The summed E-state index contributed by atoms with van der Waals surface area (Å²) in [5.41, 5.74) is 4.08. The summed E-state index contributed by atoms with van der Waals surface area (Å²) in [6.45, 7) is 7.07. The Morgan fingerprint density at radius 2 is 2.09 bits per heavy atom. The predicted molar refractivity (Wildman–Crippen MR) is 124 cm³/mol. The minimum absolute atomic E-state index is 0.228. The van der Waals surface area contributed by atoms with Crippen molar-refractivity contribution in [2.24, 2.45) is 0 Å². The van der Waals surface area contributed by atoms with Gasteiger partial charge in [0.2, 0.25) is 0 Å². The number of β-amino-alcohol motifs (C(OH)–C–C–N with tert-alkyl or cyclic N) is 1. The van der Waals surface area contributed by atoms with Crippen molar-refractivity contribution in [3.63, 3.8) is 0 Å². The third-order valence-corrected chi connectivity index (χ3v) is 5.53. The van der Waals surface area contributed by atoms with Crippen LogP contribution in [0.1, 0.15) is 12.5 Å². The number of fused-ring (bicyclic) bond motifs is 1. The standard InChI is InChI=1S/C25H27N3O4/c1-4-20(27-16(2)23-13-26-14-25(3,30)15-31-23)11-17-5-7-18(8-6-17)19-9-10-22-21(12-19)28-24(29)32-22/h1,5-10,12,20,23,26-27,30H,2,11,13-15H2,3H3,(H,28,29). The maximum Gasteiger partial charge on any atom is 0.417 e. The normalized spacial score (nSPS) is 22.1. The number of terminal acetylenes is 1. The molecule has 1 aliphatic rings. The molecule has 3 unspecified atom stereocenters. The van der Waals surface area contributed by atoms with Crippen molar-refractivity contribution in [3.8, 4) is 23.5 Å². The van der Waals surface area contributed by atoms with E-state index in [1.165, 1.54) is 0 Å². The third-order valence-electron chi connectivity index (χ3n) is 5.53. The summed E-state index contributed by atoms with van der Waals surface area (Å²) in [6.07, 6.45) is 6.12. The highest BCUT2D eigenvalue weighted by Crippen LogP contribution is 2.24. The molecular formula is C25H27N3O4. The molecule has 3 aromatic rings. The second-order valence-corrected chi connectivity index (χ2v) is 8.44. The topological polar surface area (TPSA) is 99.5 Å². The number of aliphatic hydroxyl groups is 1. The van der Waals surface area contributed by atoms with Gasteiger partial charge in [0, 0.05) is 25.2 Å². The van der Waals surface area contributed by atoms with E-state index in [0.717, 1.165) is 16.7 Å². The van der Waals surface area contributed by atoms with Crippen LogP contribution >= 0.6 is 0 Å². The molecule has 2 aromatic carbocycles. The summed E-state index contributed by atoms with van der Waals surface area (Å²) >= 11 is 0. The van der Waals surface area contributed by atoms with Crippen LogP contribution in [0.15, 0.2) is 64.0 Å². The second kappa shape index (κ2) is 9.05. The number of hydrogen-bond acceptors (Lipinski definition) is 6. The molecule has 0 spiro atoms. The quantitative estimate of drug-likeness (QED) is 0.445. The van der Waals surface area contributed by atoms with E-state index in [-0.39, 0.29) is 18.8 Å². The summed E-state index contributed by atoms with van der Waals surface area (Å²) in [5.74, 6) is 2.32. The molecule has 4 N–H and O–H groups in total. The molecule has 0 amide bonds. The Balaban J connectivity index is 1.39. The van der Waals surface area contributed by atoms with Gasteiger partial charge in [-0.25, -0.2) is 4.79 Å². The van der Waals surface area contributed by atoms with E-state index in [9.17, 15) is 9.90 Å². The van der Waals surface area contributed by atoms with E-state index in [0.29, 0.717) is 36.3 Å². The van der Waals surface area contributed by atoms with Crippen LogP contribution < -0.4 is 16.4 Å². The summed E-state index contributed by atoms with van der Waals surface area (Å²) < 4.78 is 10.9. The highest BCUT2D eigenvalue weighted by molar-refractivity contribution is 5.80. The molecule has 0 saturated carbocycles. The van der Waals surface area contributed by atoms with Crippen molar-refractivity contribution in [2.45, 2.75) is 31.1 Å². The molecule has 1 fully saturated rings. The fourth-order valence-corrected chi connectivity index (χ4v) is 3.76. The van der Waals surface area contributed by atoms with E-state index in [2.05, 4.69) is 28.1 Å². The van der Waals surface area contributed by atoms with E-state index in [4.69, 9.17) is 15.6 Å². The first-order valence-corrected chi connectivity index (χ1v) is 10.5. The molecule has 0 bridgehead atoms. The highest BCUT2D eigenvalue weighted by Gasteiger charge is 2.28. The lowest BCUT2D eigenvalue weighted by atomic mass is 10.0. The van der Waals surface area contributed by atoms with Crippen LogP contribution in [0.3, 0.4) is 0 Å². The molecule has 1 aromatic heterocycles. The fourth-order valence-electron chi connectivity index (χ4n) is 3.76. The zero-order valence-corrected chi connectivity index (χ0v) is 18.0. The van der Waals surface area contributed by atoms with Crippen molar-refractivity contribution < 1.29 is 14.3 Å². The summed E-state index contributed by atoms with van der Waals surface area (Å²) in [5, 5.41) is 16.6. The Bertz CT molecular complexity index is 1200. The molecule has 4 rings (SSSR count). The number of ether oxygens (including phenoxy) is 1. The van der Waals surface area contributed by atoms with Crippen LogP contribution in [0.2, 0.25) is 0 Å². The lowest BCUT2D eigenvalue weighted by Gasteiger charge is -2.24. The monoisotopic (exact) mass is 433 g/mol. The first kappa shape index (κ1) is 21.9. The van der Waals surface area contributed by atoms with Crippen molar-refractivity contribution in [1.29, 1.82) is 0 Å². The average molecular weight is 434 g/mol. The number of rotatable bonds is 6. The van der Waals surface area contributed by atoms with Gasteiger partial charge in [0.05, 0.1) is 23.8 Å². The smallest absolute Gasteiger partial charge is 0.408 e. The number of nitrogens with one attached hydrogen (secondary N) is 3. The molecule has 0 radical (unpaired) electrons. The van der Waals surface area contributed by atoms with E-state index in [1.807, 2.05) is 36.4 Å². The van der Waals surface area contributed by atoms with Gasteiger partial charge < -0.3 is 24.9 Å². The van der Waals surface area contributed by atoms with Crippen molar-refractivity contribution in [2.75, 3.05) is 19.7 Å². The number of aromatic nitrogens is 1. The van der Waals surface area contributed by atoms with Gasteiger partial charge in [-0.05, 0) is 35.7 Å². The van der Waals surface area contributed by atoms with Gasteiger partial charge in [-0.1, -0.05) is 42.8 Å². The number of benzene rings is 2. The predicted octanol–water partition coefficient (Wildman–Crippen LogP) is 2.18. The maximum absolute atomic E-state index is 11.4. The SMILES string of the molecule is C#CC(Cc1ccc(-c2ccc3oc(=O)[nH]c3c2)cc1)NC(=C)C1CNCC(C)(O)CO1. The Labute approximate surface area is 186 Å². The van der Waals surface area contributed by atoms with Crippen LogP contribution in [0.4, 0.5) is 0 Å². The van der Waals surface area contributed by atoms with Gasteiger partial charge >= 0.3 is 5.76 Å². The number of H-pyrrole nitrogens is 1. The molecule has 3 atom stereocenters. The van der Waals surface area contributed by atoms with Crippen LogP contribution in [0, 0.1) is 12.3 Å². The molecule has 1 saturated heterocycles. The summed E-state index contributed by atoms with van der Waals surface area (Å²) in [7, 11) is 0. The second-order valence-electron chi connectivity index (χ2n) is 8.44. The third kappa shape index (κ3) is 5.11. The zero-order chi connectivity index (χ0) is 22.7. The Morgan fingerprint density at radius 3 is 2.84 bits per heavy atom. The first-order chi connectivity index (χ1) is 15.3. The molecule has 32 heavy (non-hydrogen) atoms. The molecule has 7 nitrogen and oxygen atoms in total. The van der Waals surface area contributed by atoms with E-state index < -0.39 is 11.4 Å². The van der Waals surface area contributed by atoms with Gasteiger partial charge in [-0.2, -0.15) is 0 Å². The van der Waals surface area contributed by atoms with Crippen LogP contribution in [-0.4, -0.2) is 47.5 Å². The van der Waals surface area contributed by atoms with Gasteiger partial charge in [-0.15, -0.1) is 6.42 Å². The molecule has 7 heteroatoms. The molecule has 166 valence electrons. The van der Waals surface area contributed by atoms with Crippen molar-refractivity contribution >= 4 is 11.1 Å². The van der Waals surface area contributed by atoms with E-state index in [1.54, 1.807) is 13.0 Å². The Hall–Kier alpha value is -3.31. The summed E-state index contributed by atoms with van der Waals surface area (Å²) in [6, 6.07) is 13.5. The minimum atomic E-state index is -0.903. The van der Waals surface area contributed by atoms with Gasteiger partial charge in [0.15, 0.2) is 5.58 Å². The number of hydrogen-bond donors (Lipinski definition) is 4. The lowest BCUT2D eigenvalue weighted by Crippen LogP contribution is -2.39.